The second kappa shape index (κ2) is 3.34. The summed E-state index contributed by atoms with van der Waals surface area (Å²) in [5, 5.41) is 10.9. The quantitative estimate of drug-likeness (QED) is 0.435. The van der Waals surface area contributed by atoms with Gasteiger partial charge in [0.1, 0.15) is 0 Å². The molecule has 0 atom stereocenters. The lowest BCUT2D eigenvalue weighted by atomic mass is 10.4. The van der Waals surface area contributed by atoms with Crippen LogP contribution in [0.3, 0.4) is 0 Å². The van der Waals surface area contributed by atoms with E-state index in [4.69, 9.17) is 0 Å². The third-order valence-electron chi connectivity index (χ3n) is 1.08. The van der Waals surface area contributed by atoms with Crippen molar-refractivity contribution in [2.75, 3.05) is 0 Å². The molecule has 0 aliphatic rings. The van der Waals surface area contributed by atoms with Crippen molar-refractivity contribution in [2.24, 2.45) is 0 Å². The third-order valence-corrected chi connectivity index (χ3v) is 2.02. The fraction of sp³-hybridized carbons (Fsp3) is 0.167. The van der Waals surface area contributed by atoms with Crippen molar-refractivity contribution in [3.8, 4) is 0 Å². The Labute approximate surface area is 75.7 Å². The number of alkyl halides is 2. The number of rotatable bonds is 1. The van der Waals surface area contributed by atoms with E-state index in [-0.39, 0.29) is 3.74 Å². The molecule has 54 valence electrons. The van der Waals surface area contributed by atoms with Crippen molar-refractivity contribution in [1.29, 1.82) is 0 Å². The van der Waals surface area contributed by atoms with Crippen molar-refractivity contribution >= 4 is 31.9 Å². The van der Waals surface area contributed by atoms with E-state index < -0.39 is 0 Å². The Morgan fingerprint density at radius 3 is 2.50 bits per heavy atom. The smallest absolute Gasteiger partial charge is 0.217 e. The first-order valence-electron chi connectivity index (χ1n) is 2.68. The van der Waals surface area contributed by atoms with Gasteiger partial charge >= 0.3 is 0 Å². The lowest BCUT2D eigenvalue weighted by molar-refractivity contribution is -0.612. The average Bonchev–Trinajstić information content (AvgIpc) is 1.88. The van der Waals surface area contributed by atoms with Crippen molar-refractivity contribution in [2.45, 2.75) is 3.74 Å². The minimum absolute atomic E-state index is 0.0706. The Morgan fingerprint density at radius 1 is 1.40 bits per heavy atom. The number of hydrogen-bond donors (Lipinski definition) is 0. The van der Waals surface area contributed by atoms with Crippen LogP contribution in [0.2, 0.25) is 0 Å². The van der Waals surface area contributed by atoms with E-state index in [1.165, 1.54) is 6.20 Å². The summed E-state index contributed by atoms with van der Waals surface area (Å²) in [5.74, 6) is 0. The first-order chi connectivity index (χ1) is 4.72. The molecular formula is C6H5Br2NO. The maximum atomic E-state index is 10.9. The zero-order valence-electron chi connectivity index (χ0n) is 5.00. The van der Waals surface area contributed by atoms with Gasteiger partial charge in [-0.05, 0) is 6.07 Å². The molecule has 0 aromatic carbocycles. The molecule has 1 aromatic rings. The van der Waals surface area contributed by atoms with Gasteiger partial charge in [-0.1, -0.05) is 31.9 Å². The number of halogens is 2. The molecule has 0 amide bonds. The monoisotopic (exact) mass is 265 g/mol. The first-order valence-corrected chi connectivity index (χ1v) is 4.51. The van der Waals surface area contributed by atoms with Gasteiger partial charge in [-0.25, -0.2) is 0 Å². The van der Waals surface area contributed by atoms with Crippen molar-refractivity contribution in [1.82, 2.24) is 0 Å². The van der Waals surface area contributed by atoms with Crippen LogP contribution in [-0.2, 0) is 0 Å². The molecule has 0 radical (unpaired) electrons. The van der Waals surface area contributed by atoms with Crippen LogP contribution in [0, 0.1) is 5.21 Å². The van der Waals surface area contributed by atoms with Crippen LogP contribution in [0.15, 0.2) is 24.4 Å². The summed E-state index contributed by atoms with van der Waals surface area (Å²) in [7, 11) is 0. The Bertz CT molecular complexity index is 227. The van der Waals surface area contributed by atoms with Gasteiger partial charge in [0.15, 0.2) is 9.93 Å². The molecule has 0 unspecified atom stereocenters. The molecule has 0 N–H and O–H groups in total. The highest BCUT2D eigenvalue weighted by molar-refractivity contribution is 9.24. The minimum Gasteiger partial charge on any atom is -0.618 e. The highest BCUT2D eigenvalue weighted by Gasteiger charge is 2.10. The summed E-state index contributed by atoms with van der Waals surface area (Å²) in [6.45, 7) is 0. The normalized spacial score (nSPS) is 10.3. The molecule has 0 aliphatic carbocycles. The molecule has 0 saturated carbocycles. The van der Waals surface area contributed by atoms with Gasteiger partial charge in [0.25, 0.3) is 0 Å². The van der Waals surface area contributed by atoms with Crippen LogP contribution in [0.25, 0.3) is 0 Å². The molecule has 0 aliphatic heterocycles. The molecular weight excluding hydrogens is 262 g/mol. The third kappa shape index (κ3) is 1.70. The van der Waals surface area contributed by atoms with Crippen LogP contribution in [0.1, 0.15) is 9.43 Å². The summed E-state index contributed by atoms with van der Waals surface area (Å²) < 4.78 is 0.743. The largest absolute Gasteiger partial charge is 0.618 e. The second-order valence-electron chi connectivity index (χ2n) is 1.75. The summed E-state index contributed by atoms with van der Waals surface area (Å²) in [4.78, 5) is 0. The minimum atomic E-state index is -0.0706. The van der Waals surface area contributed by atoms with Gasteiger partial charge in [0, 0.05) is 12.1 Å². The topological polar surface area (TPSA) is 26.9 Å². The molecule has 2 nitrogen and oxygen atoms in total. The highest BCUT2D eigenvalue weighted by atomic mass is 79.9. The Hall–Kier alpha value is -0.0900. The fourth-order valence-corrected chi connectivity index (χ4v) is 1.32. The van der Waals surface area contributed by atoms with E-state index in [0.29, 0.717) is 5.69 Å². The molecule has 1 rings (SSSR count). The second-order valence-corrected chi connectivity index (χ2v) is 4.81. The standard InChI is InChI=1S/C6H5Br2NO/c7-6(8)5-3-1-2-4-9(5)10/h1-4,6H. The van der Waals surface area contributed by atoms with Crippen LogP contribution < -0.4 is 4.73 Å². The van der Waals surface area contributed by atoms with E-state index in [1.54, 1.807) is 12.1 Å². The molecule has 4 heteroatoms. The Balaban J connectivity index is 3.03. The van der Waals surface area contributed by atoms with E-state index in [0.717, 1.165) is 4.73 Å². The maximum absolute atomic E-state index is 10.9. The average molecular weight is 267 g/mol. The zero-order valence-corrected chi connectivity index (χ0v) is 8.17. The molecule has 0 fully saturated rings. The van der Waals surface area contributed by atoms with Gasteiger partial charge in [0.2, 0.25) is 5.69 Å². The van der Waals surface area contributed by atoms with E-state index in [1.807, 2.05) is 6.07 Å². The van der Waals surface area contributed by atoms with Crippen LogP contribution in [0.5, 0.6) is 0 Å². The predicted octanol–water partition coefficient (Wildman–Crippen LogP) is 2.11. The highest BCUT2D eigenvalue weighted by Crippen LogP contribution is 2.25. The molecule has 0 bridgehead atoms. The van der Waals surface area contributed by atoms with Gasteiger partial charge in [-0.15, -0.1) is 0 Å². The summed E-state index contributed by atoms with van der Waals surface area (Å²) in [5.41, 5.74) is 0.655. The summed E-state index contributed by atoms with van der Waals surface area (Å²) in [6.07, 6.45) is 1.46. The Morgan fingerprint density at radius 2 is 2.10 bits per heavy atom. The Kier molecular flexibility index (Phi) is 2.68. The summed E-state index contributed by atoms with van der Waals surface area (Å²) >= 11 is 6.46. The number of aromatic nitrogens is 1. The molecule has 1 aromatic heterocycles. The van der Waals surface area contributed by atoms with Crippen LogP contribution >= 0.6 is 31.9 Å². The summed E-state index contributed by atoms with van der Waals surface area (Å²) in [6, 6.07) is 5.26. The van der Waals surface area contributed by atoms with Crippen molar-refractivity contribution in [3.63, 3.8) is 0 Å². The van der Waals surface area contributed by atoms with E-state index in [9.17, 15) is 5.21 Å². The van der Waals surface area contributed by atoms with Gasteiger partial charge < -0.3 is 5.21 Å². The van der Waals surface area contributed by atoms with Crippen molar-refractivity contribution in [3.05, 3.63) is 35.3 Å². The molecule has 10 heavy (non-hydrogen) atoms. The fourth-order valence-electron chi connectivity index (χ4n) is 0.610. The van der Waals surface area contributed by atoms with Gasteiger partial charge in [-0.2, -0.15) is 4.73 Å². The number of hydrogen-bond acceptors (Lipinski definition) is 1. The van der Waals surface area contributed by atoms with Crippen molar-refractivity contribution < 1.29 is 4.73 Å². The van der Waals surface area contributed by atoms with E-state index >= 15 is 0 Å². The predicted molar refractivity (Wildman–Crippen MR) is 46.0 cm³/mol. The van der Waals surface area contributed by atoms with E-state index in [2.05, 4.69) is 31.9 Å². The molecule has 0 saturated heterocycles. The van der Waals surface area contributed by atoms with Crippen LogP contribution in [0.4, 0.5) is 0 Å². The van der Waals surface area contributed by atoms with Gasteiger partial charge in [-0.3, -0.25) is 0 Å². The molecule has 0 spiro atoms. The SMILES string of the molecule is [O-][n+]1ccccc1C(Br)Br. The number of pyridine rings is 1. The van der Waals surface area contributed by atoms with Crippen LogP contribution in [-0.4, -0.2) is 0 Å². The maximum Gasteiger partial charge on any atom is 0.217 e. The van der Waals surface area contributed by atoms with Gasteiger partial charge in [0.05, 0.1) is 0 Å². The first kappa shape index (κ1) is 8.01. The molecule has 1 heterocycles. The number of nitrogens with zero attached hydrogens (tertiary/aromatic N) is 1. The zero-order chi connectivity index (χ0) is 7.56. The lowest BCUT2D eigenvalue weighted by Gasteiger charge is -2.02. The lowest BCUT2D eigenvalue weighted by Crippen LogP contribution is -2.30.